The number of nitrogens with zero attached hydrogens (tertiary/aromatic N) is 1. The number of likely N-dealkylation sites (tertiary alicyclic amines) is 1. The van der Waals surface area contributed by atoms with Crippen molar-refractivity contribution in [2.45, 2.75) is 51.1 Å². The highest BCUT2D eigenvalue weighted by atomic mass is 16.2. The van der Waals surface area contributed by atoms with Gasteiger partial charge in [0.05, 0.1) is 6.04 Å². The highest BCUT2D eigenvalue weighted by molar-refractivity contribution is 5.77. The molecule has 1 unspecified atom stereocenters. The molecule has 1 saturated heterocycles. The SMILES string of the molecule is Cc1ccccc1C1CCCN1C(=O)CCNC1CC1. The van der Waals surface area contributed by atoms with Crippen molar-refractivity contribution in [1.29, 1.82) is 0 Å². The van der Waals surface area contributed by atoms with Gasteiger partial charge in [-0.15, -0.1) is 0 Å². The Hall–Kier alpha value is -1.35. The second-order valence-corrected chi connectivity index (χ2v) is 6.08. The van der Waals surface area contributed by atoms with Crippen LogP contribution in [-0.2, 0) is 4.79 Å². The minimum Gasteiger partial charge on any atom is -0.336 e. The minimum atomic E-state index is 0.296. The zero-order valence-electron chi connectivity index (χ0n) is 12.3. The van der Waals surface area contributed by atoms with Gasteiger partial charge in [0.15, 0.2) is 0 Å². The van der Waals surface area contributed by atoms with E-state index >= 15 is 0 Å². The first kappa shape index (κ1) is 13.6. The third kappa shape index (κ3) is 3.04. The lowest BCUT2D eigenvalue weighted by Gasteiger charge is -2.26. The fourth-order valence-corrected chi connectivity index (χ4v) is 3.16. The molecule has 1 amide bonds. The zero-order valence-corrected chi connectivity index (χ0v) is 12.3. The summed E-state index contributed by atoms with van der Waals surface area (Å²) in [5, 5.41) is 3.43. The van der Waals surface area contributed by atoms with E-state index in [0.29, 0.717) is 24.4 Å². The molecule has 1 aliphatic carbocycles. The van der Waals surface area contributed by atoms with Gasteiger partial charge in [-0.25, -0.2) is 0 Å². The first-order chi connectivity index (χ1) is 9.75. The van der Waals surface area contributed by atoms with Gasteiger partial charge >= 0.3 is 0 Å². The minimum absolute atomic E-state index is 0.296. The Labute approximate surface area is 121 Å². The molecule has 2 aliphatic rings. The summed E-state index contributed by atoms with van der Waals surface area (Å²) in [6, 6.07) is 9.45. The van der Waals surface area contributed by atoms with Gasteiger partial charge in [-0.05, 0) is 43.7 Å². The molecule has 1 saturated carbocycles. The van der Waals surface area contributed by atoms with Gasteiger partial charge in [0, 0.05) is 25.6 Å². The maximum absolute atomic E-state index is 12.4. The van der Waals surface area contributed by atoms with Crippen molar-refractivity contribution < 1.29 is 4.79 Å². The number of carbonyl (C=O) groups is 1. The Kier molecular flexibility index (Phi) is 4.06. The first-order valence-electron chi connectivity index (χ1n) is 7.84. The second kappa shape index (κ2) is 5.96. The van der Waals surface area contributed by atoms with E-state index in [1.54, 1.807) is 0 Å². The van der Waals surface area contributed by atoms with Crippen molar-refractivity contribution in [2.75, 3.05) is 13.1 Å². The van der Waals surface area contributed by atoms with E-state index in [2.05, 4.69) is 41.4 Å². The maximum atomic E-state index is 12.4. The predicted octanol–water partition coefficient (Wildman–Crippen LogP) is 2.80. The van der Waals surface area contributed by atoms with Gasteiger partial charge in [-0.2, -0.15) is 0 Å². The molecule has 0 spiro atoms. The average molecular weight is 272 g/mol. The molecule has 1 aromatic rings. The summed E-state index contributed by atoms with van der Waals surface area (Å²) in [6.07, 6.45) is 5.43. The topological polar surface area (TPSA) is 32.3 Å². The molecule has 0 aromatic heterocycles. The molecule has 108 valence electrons. The predicted molar refractivity (Wildman–Crippen MR) is 80.5 cm³/mol. The summed E-state index contributed by atoms with van der Waals surface area (Å²) in [7, 11) is 0. The summed E-state index contributed by atoms with van der Waals surface area (Å²) in [5.74, 6) is 0.309. The Morgan fingerprint density at radius 3 is 2.85 bits per heavy atom. The van der Waals surface area contributed by atoms with E-state index in [1.807, 2.05) is 0 Å². The van der Waals surface area contributed by atoms with Crippen molar-refractivity contribution >= 4 is 5.91 Å². The molecule has 20 heavy (non-hydrogen) atoms. The monoisotopic (exact) mass is 272 g/mol. The second-order valence-electron chi connectivity index (χ2n) is 6.08. The van der Waals surface area contributed by atoms with Crippen LogP contribution in [0.3, 0.4) is 0 Å². The summed E-state index contributed by atoms with van der Waals surface area (Å²) in [6.45, 7) is 3.90. The van der Waals surface area contributed by atoms with Gasteiger partial charge in [0.2, 0.25) is 5.91 Å². The first-order valence-corrected chi connectivity index (χ1v) is 7.84. The van der Waals surface area contributed by atoms with E-state index < -0.39 is 0 Å². The van der Waals surface area contributed by atoms with Crippen LogP contribution < -0.4 is 5.32 Å². The number of amides is 1. The van der Waals surface area contributed by atoms with Crippen molar-refractivity contribution in [3.63, 3.8) is 0 Å². The highest BCUT2D eigenvalue weighted by Gasteiger charge is 2.30. The quantitative estimate of drug-likeness (QED) is 0.894. The lowest BCUT2D eigenvalue weighted by Crippen LogP contribution is -2.33. The number of nitrogens with one attached hydrogen (secondary N) is 1. The van der Waals surface area contributed by atoms with Crippen LogP contribution >= 0.6 is 0 Å². The molecule has 2 fully saturated rings. The molecule has 1 heterocycles. The van der Waals surface area contributed by atoms with Crippen LogP contribution in [0.1, 0.15) is 49.3 Å². The number of benzene rings is 1. The highest BCUT2D eigenvalue weighted by Crippen LogP contribution is 2.33. The number of hydrogen-bond acceptors (Lipinski definition) is 2. The normalized spacial score (nSPS) is 22.2. The fourth-order valence-electron chi connectivity index (χ4n) is 3.16. The van der Waals surface area contributed by atoms with E-state index in [9.17, 15) is 4.79 Å². The van der Waals surface area contributed by atoms with Gasteiger partial charge < -0.3 is 10.2 Å². The van der Waals surface area contributed by atoms with E-state index in [0.717, 1.165) is 25.9 Å². The van der Waals surface area contributed by atoms with Crippen LogP contribution in [0.2, 0.25) is 0 Å². The number of aryl methyl sites for hydroxylation is 1. The molecule has 3 heteroatoms. The van der Waals surface area contributed by atoms with Crippen LogP contribution in [0.5, 0.6) is 0 Å². The number of carbonyl (C=O) groups excluding carboxylic acids is 1. The largest absolute Gasteiger partial charge is 0.336 e. The van der Waals surface area contributed by atoms with Crippen LogP contribution in [-0.4, -0.2) is 29.9 Å². The third-order valence-corrected chi connectivity index (χ3v) is 4.47. The van der Waals surface area contributed by atoms with Gasteiger partial charge in [0.25, 0.3) is 0 Å². The number of hydrogen-bond donors (Lipinski definition) is 1. The molecule has 3 rings (SSSR count). The Balaban J connectivity index is 1.62. The summed E-state index contributed by atoms with van der Waals surface area (Å²) >= 11 is 0. The Morgan fingerprint density at radius 1 is 1.30 bits per heavy atom. The molecule has 0 bridgehead atoms. The summed E-state index contributed by atoms with van der Waals surface area (Å²) < 4.78 is 0. The summed E-state index contributed by atoms with van der Waals surface area (Å²) in [5.41, 5.74) is 2.63. The molecular formula is C17H24N2O. The smallest absolute Gasteiger partial charge is 0.224 e. The van der Waals surface area contributed by atoms with Crippen molar-refractivity contribution in [3.8, 4) is 0 Å². The molecule has 1 aliphatic heterocycles. The van der Waals surface area contributed by atoms with E-state index in [4.69, 9.17) is 0 Å². The molecule has 1 aromatic carbocycles. The number of rotatable bonds is 5. The van der Waals surface area contributed by atoms with Crippen molar-refractivity contribution in [3.05, 3.63) is 35.4 Å². The Bertz CT molecular complexity index is 482. The zero-order chi connectivity index (χ0) is 13.9. The van der Waals surface area contributed by atoms with Crippen LogP contribution in [0, 0.1) is 6.92 Å². The molecule has 1 N–H and O–H groups in total. The fraction of sp³-hybridized carbons (Fsp3) is 0.588. The summed E-state index contributed by atoms with van der Waals surface area (Å²) in [4.78, 5) is 14.5. The van der Waals surface area contributed by atoms with Crippen LogP contribution in [0.15, 0.2) is 24.3 Å². The average Bonchev–Trinajstić information content (AvgIpc) is 3.14. The molecule has 0 radical (unpaired) electrons. The van der Waals surface area contributed by atoms with E-state index in [1.165, 1.54) is 24.0 Å². The van der Waals surface area contributed by atoms with Crippen molar-refractivity contribution in [2.24, 2.45) is 0 Å². The van der Waals surface area contributed by atoms with Crippen LogP contribution in [0.4, 0.5) is 0 Å². The molecular weight excluding hydrogens is 248 g/mol. The van der Waals surface area contributed by atoms with Gasteiger partial charge in [0.1, 0.15) is 0 Å². The lowest BCUT2D eigenvalue weighted by molar-refractivity contribution is -0.132. The van der Waals surface area contributed by atoms with Gasteiger partial charge in [-0.3, -0.25) is 4.79 Å². The van der Waals surface area contributed by atoms with Gasteiger partial charge in [-0.1, -0.05) is 24.3 Å². The molecule has 3 nitrogen and oxygen atoms in total. The van der Waals surface area contributed by atoms with Crippen LogP contribution in [0.25, 0.3) is 0 Å². The lowest BCUT2D eigenvalue weighted by atomic mass is 9.99. The Morgan fingerprint density at radius 2 is 2.10 bits per heavy atom. The third-order valence-electron chi connectivity index (χ3n) is 4.47. The van der Waals surface area contributed by atoms with Crippen molar-refractivity contribution in [1.82, 2.24) is 10.2 Å². The van der Waals surface area contributed by atoms with E-state index in [-0.39, 0.29) is 0 Å². The maximum Gasteiger partial charge on any atom is 0.224 e. The standard InChI is InChI=1S/C17H24N2O/c1-13-5-2-3-6-15(13)16-7-4-12-19(16)17(20)10-11-18-14-8-9-14/h2-3,5-6,14,16,18H,4,7-12H2,1H3. The molecule has 1 atom stereocenters.